The first-order valence-corrected chi connectivity index (χ1v) is 14.2. The van der Waals surface area contributed by atoms with Crippen LogP contribution in [0.3, 0.4) is 0 Å². The number of carbonyl (C=O) groups excluding carboxylic acids is 1. The highest BCUT2D eigenvalue weighted by Crippen LogP contribution is 2.26. The number of hydrogen-bond donors (Lipinski definition) is 0. The van der Waals surface area contributed by atoms with Gasteiger partial charge in [0.1, 0.15) is 12.4 Å². The summed E-state index contributed by atoms with van der Waals surface area (Å²) in [7, 11) is 4.04. The number of methoxy groups -OCH3 is 1. The van der Waals surface area contributed by atoms with Crippen molar-refractivity contribution in [2.45, 2.75) is 32.1 Å². The molecule has 9 heteroatoms. The van der Waals surface area contributed by atoms with Gasteiger partial charge in [0.05, 0.1) is 53.7 Å². The molecular formula is C33H29N4O4P. The highest BCUT2D eigenvalue weighted by molar-refractivity contribution is 7.27. The molecule has 1 saturated heterocycles. The summed E-state index contributed by atoms with van der Waals surface area (Å²) in [6.45, 7) is 1.82. The molecule has 0 bridgehead atoms. The largest absolute Gasteiger partial charge is 0.473 e. The average molecular weight is 577 g/mol. The van der Waals surface area contributed by atoms with Crippen LogP contribution in [-0.2, 0) is 29.0 Å². The molecule has 210 valence electrons. The number of nitriles is 1. The molecule has 8 nitrogen and oxygen atoms in total. The third kappa shape index (κ3) is 5.89. The van der Waals surface area contributed by atoms with Gasteiger partial charge in [-0.1, -0.05) is 36.4 Å². The number of benzene rings is 3. The maximum atomic E-state index is 12.2. The predicted molar refractivity (Wildman–Crippen MR) is 163 cm³/mol. The van der Waals surface area contributed by atoms with Gasteiger partial charge in [-0.25, -0.2) is 14.8 Å². The number of esters is 1. The van der Waals surface area contributed by atoms with Crippen LogP contribution in [0.2, 0.25) is 0 Å². The Labute approximate surface area is 246 Å². The van der Waals surface area contributed by atoms with Crippen LogP contribution in [0.25, 0.3) is 22.3 Å². The Kier molecular flexibility index (Phi) is 7.96. The van der Waals surface area contributed by atoms with Crippen molar-refractivity contribution < 1.29 is 19.0 Å². The minimum atomic E-state index is -0.367. The molecule has 0 aliphatic carbocycles. The van der Waals surface area contributed by atoms with Gasteiger partial charge in [0.15, 0.2) is 0 Å². The lowest BCUT2D eigenvalue weighted by Crippen LogP contribution is -2.31. The van der Waals surface area contributed by atoms with Crippen LogP contribution in [-0.4, -0.2) is 40.3 Å². The Morgan fingerprint density at radius 2 is 1.93 bits per heavy atom. The number of nitrogens with zero attached hydrogens (tertiary/aromatic N) is 4. The fraction of sp³-hybridized carbons (Fsp3) is 0.212. The first-order valence-electron chi connectivity index (χ1n) is 13.7. The summed E-state index contributed by atoms with van der Waals surface area (Å²) in [4.78, 5) is 21.8. The van der Waals surface area contributed by atoms with E-state index in [0.717, 1.165) is 57.6 Å². The lowest BCUT2D eigenvalue weighted by atomic mass is 10.1. The molecule has 2 aromatic heterocycles. The molecule has 6 rings (SSSR count). The van der Waals surface area contributed by atoms with Crippen molar-refractivity contribution in [3.63, 3.8) is 0 Å². The molecule has 42 heavy (non-hydrogen) atoms. The van der Waals surface area contributed by atoms with E-state index in [1.54, 1.807) is 12.1 Å². The summed E-state index contributed by atoms with van der Waals surface area (Å²) in [6.07, 6.45) is 1.78. The van der Waals surface area contributed by atoms with E-state index < -0.39 is 0 Å². The van der Waals surface area contributed by atoms with E-state index in [2.05, 4.69) is 44.1 Å². The zero-order valence-electron chi connectivity index (χ0n) is 23.1. The van der Waals surface area contributed by atoms with E-state index in [-0.39, 0.29) is 12.1 Å². The molecule has 1 aliphatic heterocycles. The fourth-order valence-electron chi connectivity index (χ4n) is 4.97. The van der Waals surface area contributed by atoms with Crippen molar-refractivity contribution in [2.75, 3.05) is 13.7 Å². The van der Waals surface area contributed by atoms with Crippen molar-refractivity contribution in [3.05, 3.63) is 107 Å². The standard InChI is InChI=1S/C33H29N4O4P/c1-39-33(38)24-11-12-28-29(17-24)37(19-26-13-14-40-26)31(35-28)16-21-5-8-23(9-6-21)27-3-2-4-32(36-27)41-20-25-10-7-22(18-34)15-30(25)42/h2-12,15,17,26H,13-14,16,19-20,42H2,1H3/t26-/m0/s1. The van der Waals surface area contributed by atoms with Crippen LogP contribution in [0.5, 0.6) is 5.88 Å². The third-order valence-electron chi connectivity index (χ3n) is 7.41. The van der Waals surface area contributed by atoms with Gasteiger partial charge in [0.25, 0.3) is 0 Å². The second-order valence-corrected chi connectivity index (χ2v) is 10.8. The SMILES string of the molecule is COC(=O)c1ccc2nc(Cc3ccc(-c4cccc(OCc5ccc(C#N)cc5P)n4)cc3)n(C[C@@H]3CCO3)c2c1. The normalized spacial score (nSPS) is 14.3. The van der Waals surface area contributed by atoms with Crippen LogP contribution in [0.4, 0.5) is 0 Å². The summed E-state index contributed by atoms with van der Waals surface area (Å²) in [6, 6.07) is 27.1. The molecule has 2 atom stereocenters. The lowest BCUT2D eigenvalue weighted by Gasteiger charge is -2.27. The van der Waals surface area contributed by atoms with Gasteiger partial charge in [-0.2, -0.15) is 5.26 Å². The first-order chi connectivity index (χ1) is 20.5. The van der Waals surface area contributed by atoms with Gasteiger partial charge in [-0.3, -0.25) is 0 Å². The molecular weight excluding hydrogens is 547 g/mol. The minimum absolute atomic E-state index is 0.144. The average Bonchev–Trinajstić information content (AvgIpc) is 3.34. The Balaban J connectivity index is 1.20. The molecule has 3 heterocycles. The zero-order chi connectivity index (χ0) is 29.1. The van der Waals surface area contributed by atoms with E-state index in [4.69, 9.17) is 29.4 Å². The predicted octanol–water partition coefficient (Wildman–Crippen LogP) is 5.22. The summed E-state index contributed by atoms with van der Waals surface area (Å²) >= 11 is 0. The summed E-state index contributed by atoms with van der Waals surface area (Å²) < 4.78 is 18.8. The molecule has 5 aromatic rings. The molecule has 1 aliphatic rings. The summed E-state index contributed by atoms with van der Waals surface area (Å²) in [5.41, 5.74) is 6.74. The number of fused-ring (bicyclic) bond motifs is 1. The van der Waals surface area contributed by atoms with Crippen LogP contribution in [0.1, 0.15) is 39.3 Å². The van der Waals surface area contributed by atoms with E-state index in [1.807, 2.05) is 42.5 Å². The van der Waals surface area contributed by atoms with Gasteiger partial charge in [-0.05, 0) is 59.3 Å². The monoisotopic (exact) mass is 576 g/mol. The number of rotatable bonds is 9. The second-order valence-electron chi connectivity index (χ2n) is 10.2. The summed E-state index contributed by atoms with van der Waals surface area (Å²) in [5.74, 6) is 1.08. The van der Waals surface area contributed by atoms with E-state index in [1.165, 1.54) is 7.11 Å². The lowest BCUT2D eigenvalue weighted by molar-refractivity contribution is -0.0589. The number of imidazole rings is 1. The first kappa shape index (κ1) is 27.6. The van der Waals surface area contributed by atoms with Gasteiger partial charge in [-0.15, -0.1) is 9.24 Å². The van der Waals surface area contributed by atoms with Crippen molar-refractivity contribution in [3.8, 4) is 23.2 Å². The Morgan fingerprint density at radius 3 is 2.64 bits per heavy atom. The number of hydrogen-bond acceptors (Lipinski definition) is 7. The van der Waals surface area contributed by atoms with Crippen molar-refractivity contribution in [1.29, 1.82) is 5.26 Å². The molecule has 3 aromatic carbocycles. The Hall–Kier alpha value is -4.57. The quantitative estimate of drug-likeness (QED) is 0.175. The van der Waals surface area contributed by atoms with Crippen molar-refractivity contribution >= 4 is 31.5 Å². The van der Waals surface area contributed by atoms with E-state index in [0.29, 0.717) is 36.6 Å². The highest BCUT2D eigenvalue weighted by atomic mass is 31.0. The van der Waals surface area contributed by atoms with Crippen LogP contribution in [0.15, 0.2) is 78.9 Å². The molecule has 0 amide bonds. The molecule has 0 spiro atoms. The molecule has 1 fully saturated rings. The van der Waals surface area contributed by atoms with Crippen molar-refractivity contribution in [1.82, 2.24) is 14.5 Å². The number of aromatic nitrogens is 3. The van der Waals surface area contributed by atoms with E-state index in [9.17, 15) is 4.79 Å². The van der Waals surface area contributed by atoms with Crippen LogP contribution >= 0.6 is 9.24 Å². The number of carbonyl (C=O) groups is 1. The van der Waals surface area contributed by atoms with Crippen LogP contribution in [0, 0.1) is 11.3 Å². The highest BCUT2D eigenvalue weighted by Gasteiger charge is 2.22. The third-order valence-corrected chi connectivity index (χ3v) is 7.95. The molecule has 0 N–H and O–H groups in total. The Morgan fingerprint density at radius 1 is 1.10 bits per heavy atom. The van der Waals surface area contributed by atoms with Crippen LogP contribution < -0.4 is 10.0 Å². The minimum Gasteiger partial charge on any atom is -0.473 e. The number of ether oxygens (including phenoxy) is 3. The topological polar surface area (TPSA) is 99.3 Å². The molecule has 0 radical (unpaired) electrons. The smallest absolute Gasteiger partial charge is 0.337 e. The van der Waals surface area contributed by atoms with E-state index >= 15 is 0 Å². The van der Waals surface area contributed by atoms with Gasteiger partial charge < -0.3 is 18.8 Å². The number of pyridine rings is 1. The zero-order valence-corrected chi connectivity index (χ0v) is 24.3. The fourth-order valence-corrected chi connectivity index (χ4v) is 5.33. The van der Waals surface area contributed by atoms with Gasteiger partial charge in [0, 0.05) is 24.7 Å². The van der Waals surface area contributed by atoms with Crippen molar-refractivity contribution in [2.24, 2.45) is 0 Å². The second kappa shape index (κ2) is 12.1. The van der Waals surface area contributed by atoms with Gasteiger partial charge >= 0.3 is 5.97 Å². The van der Waals surface area contributed by atoms with Gasteiger partial charge in [0.2, 0.25) is 5.88 Å². The molecule has 0 saturated carbocycles. The molecule has 1 unspecified atom stereocenters. The summed E-state index contributed by atoms with van der Waals surface area (Å²) in [5, 5.41) is 10.0. The Bertz CT molecular complexity index is 1810. The maximum absolute atomic E-state index is 12.2. The maximum Gasteiger partial charge on any atom is 0.337 e.